The number of fused-ring (bicyclic) bond motifs is 1. The molecule has 0 radical (unpaired) electrons. The number of rotatable bonds is 5. The molecule has 2 aromatic carbocycles. The molecule has 9 nitrogen and oxygen atoms in total. The highest BCUT2D eigenvalue weighted by Gasteiger charge is 2.21. The summed E-state index contributed by atoms with van der Waals surface area (Å²) in [6.07, 6.45) is 0.715. The van der Waals surface area contributed by atoms with E-state index in [4.69, 9.17) is 43.5 Å². The van der Waals surface area contributed by atoms with E-state index < -0.39 is 10.1 Å². The third-order valence-corrected chi connectivity index (χ3v) is 6.01. The number of nitrogen functional groups attached to an aromatic ring is 1. The second kappa shape index (κ2) is 11.1. The highest BCUT2D eigenvalue weighted by molar-refractivity contribution is 7.85. The normalized spacial score (nSPS) is 11.6. The largest absolute Gasteiger partial charge is 0.369 e. The zero-order valence-corrected chi connectivity index (χ0v) is 23.2. The lowest BCUT2D eigenvalue weighted by atomic mass is 10.1. The molecule has 0 saturated carbocycles. The van der Waals surface area contributed by atoms with Crippen LogP contribution in [0.25, 0.3) is 45.2 Å². The molecule has 3 aromatic heterocycles. The number of aromatic amines is 1. The van der Waals surface area contributed by atoms with Crippen molar-refractivity contribution in [1.82, 2.24) is 24.5 Å². The highest BCUT2D eigenvalue weighted by Crippen LogP contribution is 2.38. The van der Waals surface area contributed by atoms with Crippen molar-refractivity contribution < 1.29 is 13.0 Å². The van der Waals surface area contributed by atoms with Crippen LogP contribution in [0.4, 0.5) is 5.95 Å². The lowest BCUT2D eigenvalue weighted by Gasteiger charge is -2.09. The van der Waals surface area contributed by atoms with E-state index >= 15 is 0 Å². The lowest BCUT2D eigenvalue weighted by molar-refractivity contribution is 0.490. The number of pyridine rings is 1. The Morgan fingerprint density at radius 3 is 2.21 bits per heavy atom. The number of anilines is 1. The fourth-order valence-electron chi connectivity index (χ4n) is 3.91. The molecule has 12 heteroatoms. The van der Waals surface area contributed by atoms with Gasteiger partial charge in [-0.15, -0.1) is 0 Å². The summed E-state index contributed by atoms with van der Waals surface area (Å²) in [7, 11) is -3.67. The highest BCUT2D eigenvalue weighted by atomic mass is 35.5. The van der Waals surface area contributed by atoms with E-state index in [2.05, 4.69) is 23.8 Å². The Kier molecular flexibility index (Phi) is 8.08. The van der Waals surface area contributed by atoms with Gasteiger partial charge in [0.2, 0.25) is 5.95 Å². The molecule has 0 atom stereocenters. The number of benzene rings is 2. The van der Waals surface area contributed by atoms with Crippen LogP contribution >= 0.6 is 23.2 Å². The Balaban J connectivity index is 0.000000617. The first-order valence-corrected chi connectivity index (χ1v) is 14.2. The summed E-state index contributed by atoms with van der Waals surface area (Å²) in [6, 6.07) is 19.2. The molecule has 0 unspecified atom stereocenters. The average molecular weight is 574 g/mol. The van der Waals surface area contributed by atoms with Gasteiger partial charge in [0.25, 0.3) is 10.1 Å². The molecule has 0 aliphatic carbocycles. The Morgan fingerprint density at radius 1 is 0.974 bits per heavy atom. The Morgan fingerprint density at radius 2 is 1.61 bits per heavy atom. The number of nitrogens with zero attached hydrogens (tertiary/aromatic N) is 4. The zero-order valence-electron chi connectivity index (χ0n) is 20.9. The van der Waals surface area contributed by atoms with Gasteiger partial charge in [-0.25, -0.2) is 15.0 Å². The zero-order chi connectivity index (χ0) is 27.6. The van der Waals surface area contributed by atoms with Crippen molar-refractivity contribution in [3.63, 3.8) is 0 Å². The predicted octanol–water partition coefficient (Wildman–Crippen LogP) is 6.20. The molecule has 0 bridgehead atoms. The summed E-state index contributed by atoms with van der Waals surface area (Å²) >= 11 is 13.0. The van der Waals surface area contributed by atoms with E-state index in [1.54, 1.807) is 12.1 Å². The number of imidazole rings is 2. The van der Waals surface area contributed by atoms with Crippen LogP contribution in [0.5, 0.6) is 0 Å². The molecule has 0 fully saturated rings. The molecule has 0 spiro atoms. The minimum atomic E-state index is -3.67. The van der Waals surface area contributed by atoms with Crippen molar-refractivity contribution in [2.24, 2.45) is 5.92 Å². The molecule has 0 saturated heterocycles. The van der Waals surface area contributed by atoms with Gasteiger partial charge in [0.1, 0.15) is 11.3 Å². The van der Waals surface area contributed by atoms with Crippen LogP contribution in [-0.4, -0.2) is 43.7 Å². The number of nitrogens with two attached hydrogens (primary N) is 1. The molecule has 0 aliphatic heterocycles. The van der Waals surface area contributed by atoms with Gasteiger partial charge in [-0.2, -0.15) is 8.42 Å². The SMILES string of the molecule is CC(C)Cn1c(N)nc2ccc(-c3[nH]c(-c4c(Cl)cccc4Cl)nc3-c3ccccc3)nc21.CS(=O)(=O)O. The maximum Gasteiger partial charge on any atom is 0.261 e. The van der Waals surface area contributed by atoms with Crippen LogP contribution in [0.1, 0.15) is 13.8 Å². The Hall–Kier alpha value is -3.44. The third-order valence-electron chi connectivity index (χ3n) is 5.38. The molecule has 5 aromatic rings. The molecular formula is C26H26Cl2N6O3S. The van der Waals surface area contributed by atoms with Crippen molar-refractivity contribution in [3.05, 3.63) is 70.7 Å². The molecule has 38 heavy (non-hydrogen) atoms. The standard InChI is InChI=1S/C25H22Cl2N6.CH4O3S/c1-14(2)13-33-24-19(30-25(33)28)12-11-18(29-24)22-21(15-7-4-3-5-8-15)31-23(32-22)20-16(26)9-6-10-17(20)27;1-5(2,3)4/h3-12,14H,13H2,1-2H3,(H2,28,30)(H,31,32);1H3,(H,2,3,4). The second-order valence-electron chi connectivity index (χ2n) is 9.02. The van der Waals surface area contributed by atoms with Crippen molar-refractivity contribution in [2.45, 2.75) is 20.4 Å². The van der Waals surface area contributed by atoms with E-state index in [1.807, 2.05) is 53.1 Å². The molecule has 0 amide bonds. The van der Waals surface area contributed by atoms with Gasteiger partial charge in [-0.3, -0.25) is 9.12 Å². The summed E-state index contributed by atoms with van der Waals surface area (Å²) in [5.41, 5.74) is 11.5. The number of hydrogen-bond acceptors (Lipinski definition) is 6. The van der Waals surface area contributed by atoms with Crippen molar-refractivity contribution in [2.75, 3.05) is 12.0 Å². The molecule has 3 heterocycles. The minimum absolute atomic E-state index is 0.399. The molecule has 4 N–H and O–H groups in total. The van der Waals surface area contributed by atoms with E-state index in [9.17, 15) is 8.42 Å². The maximum atomic E-state index is 9.19. The van der Waals surface area contributed by atoms with Crippen molar-refractivity contribution in [3.8, 4) is 34.0 Å². The van der Waals surface area contributed by atoms with Crippen LogP contribution in [0.15, 0.2) is 60.7 Å². The van der Waals surface area contributed by atoms with Gasteiger partial charge in [-0.1, -0.05) is 73.4 Å². The van der Waals surface area contributed by atoms with Crippen LogP contribution in [-0.2, 0) is 16.7 Å². The minimum Gasteiger partial charge on any atom is -0.369 e. The third kappa shape index (κ3) is 6.33. The average Bonchev–Trinajstić information content (AvgIpc) is 3.39. The van der Waals surface area contributed by atoms with Gasteiger partial charge in [0, 0.05) is 12.1 Å². The van der Waals surface area contributed by atoms with Gasteiger partial charge in [0.15, 0.2) is 5.65 Å². The number of H-pyrrole nitrogens is 1. The van der Waals surface area contributed by atoms with Crippen molar-refractivity contribution in [1.29, 1.82) is 0 Å². The Labute approximate surface area is 230 Å². The van der Waals surface area contributed by atoms with Crippen LogP contribution < -0.4 is 5.73 Å². The van der Waals surface area contributed by atoms with Gasteiger partial charge in [0.05, 0.1) is 38.9 Å². The predicted molar refractivity (Wildman–Crippen MR) is 153 cm³/mol. The van der Waals surface area contributed by atoms with E-state index in [-0.39, 0.29) is 0 Å². The fraction of sp³-hybridized carbons (Fsp3) is 0.192. The molecular weight excluding hydrogens is 547 g/mol. The maximum absolute atomic E-state index is 9.19. The number of nitrogens with one attached hydrogen (secondary N) is 1. The summed E-state index contributed by atoms with van der Waals surface area (Å²) in [4.78, 5) is 17.7. The van der Waals surface area contributed by atoms with Crippen LogP contribution in [0.2, 0.25) is 10.0 Å². The molecule has 5 rings (SSSR count). The first-order chi connectivity index (χ1) is 17.9. The molecule has 198 valence electrons. The van der Waals surface area contributed by atoms with Gasteiger partial charge >= 0.3 is 0 Å². The number of halogens is 2. The number of hydrogen-bond donors (Lipinski definition) is 3. The van der Waals surface area contributed by atoms with Crippen molar-refractivity contribution >= 4 is 50.4 Å². The summed E-state index contributed by atoms with van der Waals surface area (Å²) < 4.78 is 27.8. The summed E-state index contributed by atoms with van der Waals surface area (Å²) in [5.74, 6) is 1.44. The molecule has 0 aliphatic rings. The fourth-order valence-corrected chi connectivity index (χ4v) is 4.49. The monoisotopic (exact) mass is 572 g/mol. The van der Waals surface area contributed by atoms with Crippen LogP contribution in [0.3, 0.4) is 0 Å². The first-order valence-electron chi connectivity index (χ1n) is 11.6. The Bertz CT molecular complexity index is 1670. The van der Waals surface area contributed by atoms with E-state index in [0.717, 1.165) is 40.4 Å². The lowest BCUT2D eigenvalue weighted by Crippen LogP contribution is -2.08. The smallest absolute Gasteiger partial charge is 0.261 e. The van der Waals surface area contributed by atoms with Gasteiger partial charge in [-0.05, 0) is 30.2 Å². The van der Waals surface area contributed by atoms with Crippen LogP contribution in [0, 0.1) is 5.92 Å². The second-order valence-corrected chi connectivity index (χ2v) is 11.3. The van der Waals surface area contributed by atoms with Gasteiger partial charge < -0.3 is 10.7 Å². The topological polar surface area (TPSA) is 140 Å². The van der Waals surface area contributed by atoms with E-state index in [0.29, 0.717) is 39.6 Å². The van der Waals surface area contributed by atoms with E-state index in [1.165, 1.54) is 0 Å². The summed E-state index contributed by atoms with van der Waals surface area (Å²) in [6.45, 7) is 5.00. The number of aromatic nitrogens is 5. The quantitative estimate of drug-likeness (QED) is 0.213. The summed E-state index contributed by atoms with van der Waals surface area (Å²) in [5, 5.41) is 1.04. The first kappa shape index (κ1) is 27.6.